The van der Waals surface area contributed by atoms with Crippen molar-refractivity contribution in [3.05, 3.63) is 12.4 Å². The maximum absolute atomic E-state index is 10.9. The van der Waals surface area contributed by atoms with Gasteiger partial charge in [-0.3, -0.25) is 0 Å². The molecule has 0 aromatic rings. The Balaban J connectivity index is 0. The summed E-state index contributed by atoms with van der Waals surface area (Å²) < 4.78 is 95.1. The van der Waals surface area contributed by atoms with E-state index >= 15 is 0 Å². The fourth-order valence-electron chi connectivity index (χ4n) is 0. The lowest BCUT2D eigenvalue weighted by molar-refractivity contribution is -0.219. The van der Waals surface area contributed by atoms with Crippen LogP contribution in [0, 0.1) is 0 Å². The molecule has 0 N–H and O–H groups in total. The number of halogens is 9. The number of rotatable bonds is 0. The Bertz CT molecular complexity index is 173. The van der Waals surface area contributed by atoms with Gasteiger partial charge in [0.15, 0.2) is 5.83 Å². The van der Waals surface area contributed by atoms with Gasteiger partial charge in [-0.15, -0.1) is 0 Å². The molecular formula is C5H3F9. The summed E-state index contributed by atoms with van der Waals surface area (Å²) in [6.07, 6.45) is -14.4. The first-order chi connectivity index (χ1) is 5.89. The topological polar surface area (TPSA) is 0 Å². The van der Waals surface area contributed by atoms with E-state index in [4.69, 9.17) is 0 Å². The Hall–Kier alpha value is -0.890. The van der Waals surface area contributed by atoms with Gasteiger partial charge >= 0.3 is 18.8 Å². The summed E-state index contributed by atoms with van der Waals surface area (Å²) in [5.41, 5.74) is 0. The summed E-state index contributed by atoms with van der Waals surface area (Å²) in [5.74, 6) is -2.26. The fourth-order valence-corrected chi connectivity index (χ4v) is 0. The van der Waals surface area contributed by atoms with Crippen molar-refractivity contribution in [3.8, 4) is 0 Å². The minimum absolute atomic E-state index is 2.03. The van der Waals surface area contributed by atoms with Crippen molar-refractivity contribution in [2.75, 3.05) is 0 Å². The van der Waals surface area contributed by atoms with Gasteiger partial charge in [-0.2, -0.15) is 26.3 Å². The molecule has 0 bridgehead atoms. The molecule has 86 valence electrons. The summed E-state index contributed by atoms with van der Waals surface area (Å²) in [6.45, 7) is 2.03. The Kier molecular flexibility index (Phi) is 5.68. The molecule has 0 rings (SSSR count). The number of alkyl halides is 8. The average Bonchev–Trinajstić information content (AvgIpc) is 1.83. The van der Waals surface area contributed by atoms with Gasteiger partial charge in [-0.05, 0) is 0 Å². The van der Waals surface area contributed by atoms with Crippen LogP contribution in [0.5, 0.6) is 0 Å². The molecule has 14 heavy (non-hydrogen) atoms. The van der Waals surface area contributed by atoms with Gasteiger partial charge in [0, 0.05) is 0 Å². The molecule has 0 aliphatic rings. The van der Waals surface area contributed by atoms with Gasteiger partial charge in [-0.25, -0.2) is 13.2 Å². The Morgan fingerprint density at radius 2 is 1.07 bits per heavy atom. The largest absolute Gasteiger partial charge is 0.450 e. The van der Waals surface area contributed by atoms with Gasteiger partial charge in [0.2, 0.25) is 0 Å². The van der Waals surface area contributed by atoms with Crippen molar-refractivity contribution in [3.63, 3.8) is 0 Å². The lowest BCUT2D eigenvalue weighted by Crippen LogP contribution is -2.18. The van der Waals surface area contributed by atoms with E-state index in [-0.39, 0.29) is 0 Å². The van der Waals surface area contributed by atoms with Gasteiger partial charge in [0.1, 0.15) is 0 Å². The number of hydrogen-bond acceptors (Lipinski definition) is 0. The standard InChI is InChI=1S/C3H2F4.C2HF5/c1-2(4)3(5,6)7;3-1(4)2(5,6)7/h1H2;1H. The Morgan fingerprint density at radius 3 is 1.07 bits per heavy atom. The van der Waals surface area contributed by atoms with E-state index in [1.54, 1.807) is 0 Å². The minimum Gasteiger partial charge on any atom is -0.202 e. The Morgan fingerprint density at radius 1 is 0.929 bits per heavy atom. The van der Waals surface area contributed by atoms with Crippen molar-refractivity contribution in [2.24, 2.45) is 0 Å². The molecule has 0 spiro atoms. The number of hydrogen-bond donors (Lipinski definition) is 0. The van der Waals surface area contributed by atoms with Crippen LogP contribution in [0.25, 0.3) is 0 Å². The quantitative estimate of drug-likeness (QED) is 0.558. The molecule has 0 heterocycles. The van der Waals surface area contributed by atoms with Crippen LogP contribution in [0.3, 0.4) is 0 Å². The van der Waals surface area contributed by atoms with Crippen LogP contribution in [0.4, 0.5) is 39.5 Å². The highest BCUT2D eigenvalue weighted by Crippen LogP contribution is 2.24. The van der Waals surface area contributed by atoms with Crippen LogP contribution in [-0.2, 0) is 0 Å². The van der Waals surface area contributed by atoms with Gasteiger partial charge in [0.25, 0.3) is 0 Å². The first-order valence-electron chi connectivity index (χ1n) is 2.65. The highest BCUT2D eigenvalue weighted by molar-refractivity contribution is 4.88. The highest BCUT2D eigenvalue weighted by atomic mass is 19.4. The van der Waals surface area contributed by atoms with Crippen molar-refractivity contribution in [2.45, 2.75) is 18.8 Å². The fraction of sp³-hybridized carbons (Fsp3) is 0.600. The Labute approximate surface area is 72.0 Å². The summed E-state index contributed by atoms with van der Waals surface area (Å²) in [6, 6.07) is 0. The first kappa shape index (κ1) is 15.6. The van der Waals surface area contributed by atoms with Crippen molar-refractivity contribution in [1.29, 1.82) is 0 Å². The number of allylic oxidation sites excluding steroid dienone is 1. The van der Waals surface area contributed by atoms with E-state index in [2.05, 4.69) is 0 Å². The van der Waals surface area contributed by atoms with E-state index in [1.807, 2.05) is 6.58 Å². The third-order valence-electron chi connectivity index (χ3n) is 0.555. The minimum atomic E-state index is -5.33. The average molecular weight is 234 g/mol. The molecule has 0 aromatic heterocycles. The van der Waals surface area contributed by atoms with Crippen LogP contribution < -0.4 is 0 Å². The summed E-state index contributed by atoms with van der Waals surface area (Å²) >= 11 is 0. The van der Waals surface area contributed by atoms with Crippen LogP contribution in [0.2, 0.25) is 0 Å². The second-order valence-electron chi connectivity index (χ2n) is 1.74. The van der Waals surface area contributed by atoms with Gasteiger partial charge in [-0.1, -0.05) is 6.58 Å². The van der Waals surface area contributed by atoms with Gasteiger partial charge in [0.05, 0.1) is 0 Å². The lowest BCUT2D eigenvalue weighted by atomic mass is 10.6. The molecular weight excluding hydrogens is 231 g/mol. The van der Waals surface area contributed by atoms with Crippen LogP contribution in [-0.4, -0.2) is 18.8 Å². The highest BCUT2D eigenvalue weighted by Gasteiger charge is 2.40. The third-order valence-corrected chi connectivity index (χ3v) is 0.555. The van der Waals surface area contributed by atoms with Crippen LogP contribution in [0.1, 0.15) is 0 Å². The maximum atomic E-state index is 10.9. The lowest BCUT2D eigenvalue weighted by Gasteiger charge is -2.00. The zero-order valence-electron chi connectivity index (χ0n) is 6.19. The summed E-state index contributed by atoms with van der Waals surface area (Å²) in [5, 5.41) is 0. The maximum Gasteiger partial charge on any atom is 0.450 e. The SMILES string of the molecule is C=C(F)C(F)(F)F.FC(F)C(F)(F)F. The molecule has 0 nitrogen and oxygen atoms in total. The molecule has 0 aliphatic heterocycles. The first-order valence-corrected chi connectivity index (χ1v) is 2.65. The summed E-state index contributed by atoms with van der Waals surface area (Å²) in [7, 11) is 0. The molecule has 0 saturated heterocycles. The van der Waals surface area contributed by atoms with E-state index in [9.17, 15) is 39.5 Å². The monoisotopic (exact) mass is 234 g/mol. The molecule has 0 fully saturated rings. The smallest absolute Gasteiger partial charge is 0.202 e. The van der Waals surface area contributed by atoms with E-state index in [0.29, 0.717) is 0 Å². The molecule has 0 amide bonds. The second kappa shape index (κ2) is 5.11. The van der Waals surface area contributed by atoms with E-state index < -0.39 is 24.6 Å². The van der Waals surface area contributed by atoms with Gasteiger partial charge < -0.3 is 0 Å². The van der Waals surface area contributed by atoms with Crippen LogP contribution >= 0.6 is 0 Å². The van der Waals surface area contributed by atoms with Crippen molar-refractivity contribution < 1.29 is 39.5 Å². The predicted molar refractivity (Wildman–Crippen MR) is 28.4 cm³/mol. The van der Waals surface area contributed by atoms with E-state index in [1.165, 1.54) is 0 Å². The molecule has 0 saturated carbocycles. The molecule has 0 atom stereocenters. The molecule has 0 aromatic carbocycles. The predicted octanol–water partition coefficient (Wildman–Crippen LogP) is 3.85. The van der Waals surface area contributed by atoms with Crippen molar-refractivity contribution >= 4 is 0 Å². The molecule has 0 aliphatic carbocycles. The van der Waals surface area contributed by atoms with Crippen LogP contribution in [0.15, 0.2) is 12.4 Å². The normalized spacial score (nSPS) is 12.1. The van der Waals surface area contributed by atoms with E-state index in [0.717, 1.165) is 0 Å². The molecule has 0 radical (unpaired) electrons. The third kappa shape index (κ3) is 9.20. The van der Waals surface area contributed by atoms with Crippen molar-refractivity contribution in [1.82, 2.24) is 0 Å². The zero-order chi connectivity index (χ0) is 12.2. The zero-order valence-corrected chi connectivity index (χ0v) is 6.19. The summed E-state index contributed by atoms with van der Waals surface area (Å²) in [4.78, 5) is 0. The molecule has 9 heteroatoms. The molecule has 0 unspecified atom stereocenters. The second-order valence-corrected chi connectivity index (χ2v) is 1.74.